The van der Waals surface area contributed by atoms with Crippen molar-refractivity contribution in [1.82, 2.24) is 0 Å². The quantitative estimate of drug-likeness (QED) is 0.0262. The number of ether oxygens (including phenoxy) is 3. The molecule has 0 spiro atoms. The zero-order valence-electron chi connectivity index (χ0n) is 45.2. The number of unbranched alkanes of at least 4 members (excludes halogenated alkanes) is 19. The fourth-order valence-corrected chi connectivity index (χ4v) is 7.44. The van der Waals surface area contributed by atoms with E-state index in [0.29, 0.717) is 19.3 Å². The molecule has 0 amide bonds. The predicted molar refractivity (Wildman–Crippen MR) is 302 cm³/mol. The molecule has 6 nitrogen and oxygen atoms in total. The molecule has 6 heteroatoms. The molecule has 0 aromatic heterocycles. The number of carbonyl (C=O) groups excluding carboxylic acids is 3. The van der Waals surface area contributed by atoms with Crippen molar-refractivity contribution >= 4 is 17.9 Å². The molecule has 1 unspecified atom stereocenters. The van der Waals surface area contributed by atoms with Gasteiger partial charge in [-0.15, -0.1) is 0 Å². The highest BCUT2D eigenvalue weighted by Gasteiger charge is 2.19. The Bertz CT molecular complexity index is 1490. The smallest absolute Gasteiger partial charge is 0.306 e. The van der Waals surface area contributed by atoms with Crippen LogP contribution in [0.5, 0.6) is 0 Å². The van der Waals surface area contributed by atoms with Crippen molar-refractivity contribution in [3.8, 4) is 0 Å². The van der Waals surface area contributed by atoms with Gasteiger partial charge in [-0.1, -0.05) is 239 Å². The molecule has 0 saturated heterocycles. The molecule has 0 aliphatic heterocycles. The number of rotatable bonds is 50. The first-order chi connectivity index (χ1) is 34.5. The Balaban J connectivity index is 4.40. The molecule has 0 N–H and O–H groups in total. The third-order valence-corrected chi connectivity index (χ3v) is 11.7. The third kappa shape index (κ3) is 54.7. The Morgan fingerprint density at radius 1 is 0.300 bits per heavy atom. The lowest BCUT2D eigenvalue weighted by Crippen LogP contribution is -2.30. The van der Waals surface area contributed by atoms with Crippen LogP contribution in [0.4, 0.5) is 0 Å². The molecular weight excluding hydrogens is 865 g/mol. The lowest BCUT2D eigenvalue weighted by atomic mass is 10.1. The summed E-state index contributed by atoms with van der Waals surface area (Å²) in [5.41, 5.74) is 0. The second-order valence-electron chi connectivity index (χ2n) is 18.5. The van der Waals surface area contributed by atoms with Gasteiger partial charge in [-0.3, -0.25) is 14.4 Å². The predicted octanol–water partition coefficient (Wildman–Crippen LogP) is 19.3. The maximum absolute atomic E-state index is 12.8. The Labute approximate surface area is 431 Å². The minimum absolute atomic E-state index is 0.104. The summed E-state index contributed by atoms with van der Waals surface area (Å²) in [6, 6.07) is 0. The molecule has 0 fully saturated rings. The lowest BCUT2D eigenvalue weighted by Gasteiger charge is -2.18. The van der Waals surface area contributed by atoms with Crippen molar-refractivity contribution in [2.24, 2.45) is 0 Å². The van der Waals surface area contributed by atoms with Crippen LogP contribution >= 0.6 is 0 Å². The summed E-state index contributed by atoms with van der Waals surface area (Å²) in [4.78, 5) is 38.0. The van der Waals surface area contributed by atoms with Crippen LogP contribution in [0.3, 0.4) is 0 Å². The van der Waals surface area contributed by atoms with Gasteiger partial charge < -0.3 is 14.2 Å². The minimum Gasteiger partial charge on any atom is -0.462 e. The molecular formula is C64H104O6. The summed E-state index contributed by atoms with van der Waals surface area (Å²) in [5.74, 6) is -0.986. The summed E-state index contributed by atoms with van der Waals surface area (Å²) in [5, 5.41) is 0. The molecule has 0 aromatic rings. The Morgan fingerprint density at radius 3 is 0.929 bits per heavy atom. The number of hydrogen-bond donors (Lipinski definition) is 0. The van der Waals surface area contributed by atoms with Crippen LogP contribution in [-0.2, 0) is 28.6 Å². The summed E-state index contributed by atoms with van der Waals surface area (Å²) in [7, 11) is 0. The van der Waals surface area contributed by atoms with Crippen molar-refractivity contribution in [3.63, 3.8) is 0 Å². The average Bonchev–Trinajstić information content (AvgIpc) is 3.36. The van der Waals surface area contributed by atoms with Crippen molar-refractivity contribution < 1.29 is 28.6 Å². The lowest BCUT2D eigenvalue weighted by molar-refractivity contribution is -0.167. The number of hydrogen-bond acceptors (Lipinski definition) is 6. The van der Waals surface area contributed by atoms with Crippen LogP contribution in [0.2, 0.25) is 0 Å². The summed E-state index contributed by atoms with van der Waals surface area (Å²) in [6.07, 6.45) is 79.2. The first-order valence-corrected chi connectivity index (χ1v) is 28.5. The van der Waals surface area contributed by atoms with E-state index in [2.05, 4.69) is 142 Å². The summed E-state index contributed by atoms with van der Waals surface area (Å²) < 4.78 is 16.7. The zero-order chi connectivity index (χ0) is 50.7. The van der Waals surface area contributed by atoms with Gasteiger partial charge in [-0.25, -0.2) is 0 Å². The van der Waals surface area contributed by atoms with E-state index in [0.717, 1.165) is 116 Å². The Hall–Kier alpha value is -4.19. The molecule has 0 heterocycles. The van der Waals surface area contributed by atoms with Crippen LogP contribution in [0.1, 0.15) is 245 Å². The van der Waals surface area contributed by atoms with Crippen molar-refractivity contribution in [1.29, 1.82) is 0 Å². The van der Waals surface area contributed by atoms with Gasteiger partial charge in [0.1, 0.15) is 13.2 Å². The molecule has 1 atom stereocenters. The Kier molecular flexibility index (Phi) is 54.0. The van der Waals surface area contributed by atoms with Gasteiger partial charge >= 0.3 is 17.9 Å². The highest BCUT2D eigenvalue weighted by atomic mass is 16.6. The molecule has 0 aliphatic carbocycles. The highest BCUT2D eigenvalue weighted by molar-refractivity contribution is 5.71. The van der Waals surface area contributed by atoms with Crippen LogP contribution in [0, 0.1) is 0 Å². The molecule has 0 bridgehead atoms. The standard InChI is InChI=1S/C64H104O6/c1-4-7-10-13-16-19-21-23-25-27-29-31-32-34-35-37-39-41-43-45-48-51-54-57-63(66)69-60-61(59-68-62(65)56-53-50-47-18-15-12-9-6-3)70-64(67)58-55-52-49-46-44-42-40-38-36-33-30-28-26-24-22-20-17-14-11-8-5-2/h7,10,16,19,22-25,28-31,34-36,38-39,41,45,48,61H,4-6,8-9,11-15,17-18,20-21,26-27,32-33,37,40,42-44,46-47,49-60H2,1-3H3/b10-7-,19-16-,24-22-,25-23-,30-28-,31-29-,35-34-,38-36-,41-39-,48-45-. The molecule has 396 valence electrons. The highest BCUT2D eigenvalue weighted by Crippen LogP contribution is 2.13. The minimum atomic E-state index is -0.810. The van der Waals surface area contributed by atoms with Gasteiger partial charge in [0.25, 0.3) is 0 Å². The SMILES string of the molecule is CC/C=C\C/C=C\C/C=C\C/C=C\C/C=C\C/C=C\C/C=C\CCCC(=O)OCC(COC(=O)CCCCCCCCCC)OC(=O)CCCCCCCC/C=C\C/C=C\C/C=C\CCCCCCC. The summed E-state index contributed by atoms with van der Waals surface area (Å²) in [6.45, 7) is 6.42. The van der Waals surface area contributed by atoms with Gasteiger partial charge in [-0.2, -0.15) is 0 Å². The van der Waals surface area contributed by atoms with Crippen molar-refractivity contribution in [2.45, 2.75) is 252 Å². The van der Waals surface area contributed by atoms with E-state index in [1.165, 1.54) is 83.5 Å². The fraction of sp³-hybridized carbons (Fsp3) is 0.641. The number of allylic oxidation sites excluding steroid dienone is 20. The molecule has 0 radical (unpaired) electrons. The first-order valence-electron chi connectivity index (χ1n) is 28.5. The monoisotopic (exact) mass is 969 g/mol. The number of carbonyl (C=O) groups is 3. The van der Waals surface area contributed by atoms with Gasteiger partial charge in [0.05, 0.1) is 0 Å². The topological polar surface area (TPSA) is 78.9 Å². The van der Waals surface area contributed by atoms with Crippen molar-refractivity contribution in [2.75, 3.05) is 13.2 Å². The van der Waals surface area contributed by atoms with Crippen LogP contribution < -0.4 is 0 Å². The zero-order valence-corrected chi connectivity index (χ0v) is 45.2. The normalized spacial score (nSPS) is 13.0. The summed E-state index contributed by atoms with van der Waals surface area (Å²) >= 11 is 0. The Morgan fingerprint density at radius 2 is 0.571 bits per heavy atom. The van der Waals surface area contributed by atoms with Gasteiger partial charge in [0, 0.05) is 19.3 Å². The van der Waals surface area contributed by atoms with Gasteiger partial charge in [-0.05, 0) is 109 Å². The van der Waals surface area contributed by atoms with E-state index in [1.807, 2.05) is 0 Å². The second kappa shape index (κ2) is 57.4. The van der Waals surface area contributed by atoms with Gasteiger partial charge in [0.15, 0.2) is 6.10 Å². The van der Waals surface area contributed by atoms with Crippen molar-refractivity contribution in [3.05, 3.63) is 122 Å². The largest absolute Gasteiger partial charge is 0.462 e. The van der Waals surface area contributed by atoms with Crippen LogP contribution in [0.25, 0.3) is 0 Å². The van der Waals surface area contributed by atoms with E-state index in [-0.39, 0.29) is 37.5 Å². The first kappa shape index (κ1) is 65.8. The second-order valence-corrected chi connectivity index (χ2v) is 18.5. The molecule has 0 aromatic carbocycles. The molecule has 0 rings (SSSR count). The molecule has 70 heavy (non-hydrogen) atoms. The molecule has 0 saturated carbocycles. The maximum atomic E-state index is 12.8. The van der Waals surface area contributed by atoms with E-state index >= 15 is 0 Å². The fourth-order valence-electron chi connectivity index (χ4n) is 7.44. The van der Waals surface area contributed by atoms with E-state index in [9.17, 15) is 14.4 Å². The van der Waals surface area contributed by atoms with E-state index in [4.69, 9.17) is 14.2 Å². The van der Waals surface area contributed by atoms with E-state index < -0.39 is 6.10 Å². The third-order valence-electron chi connectivity index (χ3n) is 11.7. The van der Waals surface area contributed by atoms with Crippen LogP contribution in [-0.4, -0.2) is 37.2 Å². The van der Waals surface area contributed by atoms with Crippen LogP contribution in [0.15, 0.2) is 122 Å². The molecule has 0 aliphatic rings. The number of esters is 3. The maximum Gasteiger partial charge on any atom is 0.306 e. The van der Waals surface area contributed by atoms with Gasteiger partial charge in [0.2, 0.25) is 0 Å². The van der Waals surface area contributed by atoms with E-state index in [1.54, 1.807) is 0 Å². The average molecular weight is 970 g/mol.